The van der Waals surface area contributed by atoms with Crippen LogP contribution in [-0.2, 0) is 0 Å². The molecule has 0 unspecified atom stereocenters. The Morgan fingerprint density at radius 2 is 1.05 bits per heavy atom. The number of unbranched alkanes of at least 4 members (excludes halogenated alkanes) is 13. The maximum Gasteiger partial charge on any atom is -0.00261 e. The van der Waals surface area contributed by atoms with Crippen LogP contribution in [0.2, 0.25) is 0 Å². The normalized spacial score (nSPS) is 11.5. The summed E-state index contributed by atoms with van der Waals surface area (Å²) < 4.78 is 0. The molecule has 0 aromatic heterocycles. The summed E-state index contributed by atoms with van der Waals surface area (Å²) in [7, 11) is 0. The zero-order valence-corrected chi connectivity index (χ0v) is 15.7. The Morgan fingerprint density at radius 3 is 1.62 bits per heavy atom. The van der Waals surface area contributed by atoms with Gasteiger partial charge < -0.3 is 0 Å². The molecule has 0 aromatic rings. The molecule has 0 heterocycles. The van der Waals surface area contributed by atoms with E-state index in [4.69, 9.17) is 0 Å². The zero-order chi connectivity index (χ0) is 15.4. The van der Waals surface area contributed by atoms with Crippen molar-refractivity contribution in [1.82, 2.24) is 0 Å². The van der Waals surface area contributed by atoms with Crippen molar-refractivity contribution in [2.45, 2.75) is 110 Å². The molecule has 0 rings (SSSR count). The number of hydrogen-bond donors (Lipinski definition) is 0. The Morgan fingerprint density at radius 1 is 0.571 bits per heavy atom. The lowest BCUT2D eigenvalue weighted by Gasteiger charge is -2.01. The molecule has 0 aromatic carbocycles. The monoisotopic (exact) mass is 312 g/mol. The highest BCUT2D eigenvalue weighted by atomic mass is 32.2. The molecule has 126 valence electrons. The first-order valence-electron chi connectivity index (χ1n) is 9.68. The molecule has 0 aliphatic rings. The van der Waals surface area contributed by atoms with E-state index in [9.17, 15) is 0 Å². The summed E-state index contributed by atoms with van der Waals surface area (Å²) in [6.45, 7) is 4.57. The van der Waals surface area contributed by atoms with Crippen LogP contribution in [0.4, 0.5) is 0 Å². The second-order valence-corrected chi connectivity index (χ2v) is 7.29. The fourth-order valence-electron chi connectivity index (χ4n) is 2.57. The molecule has 0 radical (unpaired) electrons. The molecule has 0 fully saturated rings. The van der Waals surface area contributed by atoms with Crippen molar-refractivity contribution >= 4 is 11.8 Å². The Hall–Kier alpha value is 0.0900. The topological polar surface area (TPSA) is 0 Å². The van der Waals surface area contributed by atoms with Gasteiger partial charge in [0.05, 0.1) is 0 Å². The Labute approximate surface area is 139 Å². The summed E-state index contributed by atoms with van der Waals surface area (Å²) in [6.07, 6.45) is 23.6. The van der Waals surface area contributed by atoms with E-state index in [-0.39, 0.29) is 0 Å². The lowest BCUT2D eigenvalue weighted by atomic mass is 10.1. The summed E-state index contributed by atoms with van der Waals surface area (Å²) in [5.74, 6) is 1.32. The number of thioether (sulfide) groups is 1. The number of hydrogen-bond acceptors (Lipinski definition) is 1. The van der Waals surface area contributed by atoms with Gasteiger partial charge in [0.2, 0.25) is 0 Å². The van der Waals surface area contributed by atoms with Gasteiger partial charge in [-0.3, -0.25) is 0 Å². The molecule has 21 heavy (non-hydrogen) atoms. The summed E-state index contributed by atoms with van der Waals surface area (Å²) in [6, 6.07) is 0. The quantitative estimate of drug-likeness (QED) is 0.244. The van der Waals surface area contributed by atoms with Gasteiger partial charge in [0.15, 0.2) is 0 Å². The first-order chi connectivity index (χ1) is 10.4. The maximum atomic E-state index is 2.37. The molecule has 0 atom stereocenters. The van der Waals surface area contributed by atoms with Crippen LogP contribution in [0.15, 0.2) is 11.5 Å². The fraction of sp³-hybridized carbons (Fsp3) is 0.900. The third-order valence-corrected chi connectivity index (χ3v) is 4.94. The van der Waals surface area contributed by atoms with Gasteiger partial charge in [-0.15, -0.1) is 11.8 Å². The Bertz CT molecular complexity index is 198. The minimum Gasteiger partial charge on any atom is -0.134 e. The maximum absolute atomic E-state index is 2.37. The first kappa shape index (κ1) is 21.1. The van der Waals surface area contributed by atoms with Crippen molar-refractivity contribution in [3.63, 3.8) is 0 Å². The SMILES string of the molecule is CCCCCC/C=C/SCCCCCCCCCCCC. The van der Waals surface area contributed by atoms with Gasteiger partial charge in [0.25, 0.3) is 0 Å². The molecule has 0 bridgehead atoms. The highest BCUT2D eigenvalue weighted by molar-refractivity contribution is 8.02. The van der Waals surface area contributed by atoms with E-state index >= 15 is 0 Å². The van der Waals surface area contributed by atoms with E-state index in [1.165, 1.54) is 102 Å². The number of allylic oxidation sites excluding steroid dienone is 1. The highest BCUT2D eigenvalue weighted by Gasteiger charge is 1.92. The van der Waals surface area contributed by atoms with Crippen molar-refractivity contribution in [1.29, 1.82) is 0 Å². The molecular formula is C20H40S. The van der Waals surface area contributed by atoms with E-state index in [1.807, 2.05) is 11.8 Å². The minimum atomic E-state index is 1.28. The standard InChI is InChI=1S/C20H40S/c1-3-5-7-9-11-12-13-14-16-18-20-21-19-17-15-10-8-6-4-2/h17,19H,3-16,18,20H2,1-2H3/b19-17+. The Balaban J connectivity index is 3.00. The van der Waals surface area contributed by atoms with Crippen LogP contribution >= 0.6 is 11.8 Å². The van der Waals surface area contributed by atoms with Crippen LogP contribution in [0, 0.1) is 0 Å². The summed E-state index contributed by atoms with van der Waals surface area (Å²) in [5, 5.41) is 2.33. The lowest BCUT2D eigenvalue weighted by Crippen LogP contribution is -1.83. The minimum absolute atomic E-state index is 1.28. The molecule has 0 N–H and O–H groups in total. The van der Waals surface area contributed by atoms with Crippen LogP contribution in [0.1, 0.15) is 110 Å². The average Bonchev–Trinajstić information content (AvgIpc) is 2.50. The lowest BCUT2D eigenvalue weighted by molar-refractivity contribution is 0.563. The van der Waals surface area contributed by atoms with Crippen molar-refractivity contribution in [2.24, 2.45) is 0 Å². The molecular weight excluding hydrogens is 272 g/mol. The van der Waals surface area contributed by atoms with E-state index < -0.39 is 0 Å². The fourth-order valence-corrected chi connectivity index (χ4v) is 3.34. The molecule has 0 spiro atoms. The Kier molecular flexibility index (Phi) is 20.2. The predicted molar refractivity (Wildman–Crippen MR) is 102 cm³/mol. The molecule has 1 heteroatoms. The average molecular weight is 313 g/mol. The first-order valence-corrected chi connectivity index (χ1v) is 10.7. The van der Waals surface area contributed by atoms with E-state index in [0.717, 1.165) is 0 Å². The molecule has 0 saturated carbocycles. The van der Waals surface area contributed by atoms with Crippen molar-refractivity contribution in [3.05, 3.63) is 11.5 Å². The van der Waals surface area contributed by atoms with E-state index in [0.29, 0.717) is 0 Å². The largest absolute Gasteiger partial charge is 0.134 e. The van der Waals surface area contributed by atoms with Gasteiger partial charge in [-0.1, -0.05) is 97.0 Å². The summed E-state index contributed by atoms with van der Waals surface area (Å²) in [4.78, 5) is 0. The van der Waals surface area contributed by atoms with Crippen molar-refractivity contribution < 1.29 is 0 Å². The van der Waals surface area contributed by atoms with Crippen LogP contribution in [0.5, 0.6) is 0 Å². The molecule has 0 aliphatic heterocycles. The molecule has 0 saturated heterocycles. The smallest absolute Gasteiger partial charge is 0.00261 e. The third kappa shape index (κ3) is 20.1. The van der Waals surface area contributed by atoms with Crippen LogP contribution in [0.3, 0.4) is 0 Å². The highest BCUT2D eigenvalue weighted by Crippen LogP contribution is 2.13. The van der Waals surface area contributed by atoms with Gasteiger partial charge in [-0.2, -0.15) is 0 Å². The van der Waals surface area contributed by atoms with E-state index in [2.05, 4.69) is 25.3 Å². The summed E-state index contributed by atoms with van der Waals surface area (Å²) >= 11 is 2.01. The molecule has 0 nitrogen and oxygen atoms in total. The second kappa shape index (κ2) is 20.1. The molecule has 0 amide bonds. The van der Waals surface area contributed by atoms with E-state index in [1.54, 1.807) is 0 Å². The summed E-state index contributed by atoms with van der Waals surface area (Å²) in [5.41, 5.74) is 0. The molecule has 0 aliphatic carbocycles. The number of rotatable bonds is 17. The van der Waals surface area contributed by atoms with Gasteiger partial charge >= 0.3 is 0 Å². The van der Waals surface area contributed by atoms with Crippen molar-refractivity contribution in [3.8, 4) is 0 Å². The second-order valence-electron chi connectivity index (χ2n) is 6.27. The zero-order valence-electron chi connectivity index (χ0n) is 14.9. The van der Waals surface area contributed by atoms with Gasteiger partial charge in [0, 0.05) is 0 Å². The van der Waals surface area contributed by atoms with Gasteiger partial charge in [-0.05, 0) is 30.4 Å². The third-order valence-electron chi connectivity index (χ3n) is 4.03. The van der Waals surface area contributed by atoms with Crippen LogP contribution in [-0.4, -0.2) is 5.75 Å². The predicted octanol–water partition coefficient (Wildman–Crippen LogP) is 8.12. The van der Waals surface area contributed by atoms with Crippen LogP contribution in [0.25, 0.3) is 0 Å². The van der Waals surface area contributed by atoms with Gasteiger partial charge in [0.1, 0.15) is 0 Å². The van der Waals surface area contributed by atoms with Crippen molar-refractivity contribution in [2.75, 3.05) is 5.75 Å². The van der Waals surface area contributed by atoms with Crippen LogP contribution < -0.4 is 0 Å². The van der Waals surface area contributed by atoms with Gasteiger partial charge in [-0.25, -0.2) is 0 Å².